The van der Waals surface area contributed by atoms with Gasteiger partial charge in [-0.1, -0.05) is 0 Å². The van der Waals surface area contributed by atoms with E-state index in [0.29, 0.717) is 25.3 Å². The molecule has 1 saturated heterocycles. The first-order valence-corrected chi connectivity index (χ1v) is 11.0. The Morgan fingerprint density at radius 3 is 2.63 bits per heavy atom. The molecule has 0 radical (unpaired) electrons. The number of amides is 2. The molecule has 3 aromatic rings. The van der Waals surface area contributed by atoms with Crippen molar-refractivity contribution in [2.45, 2.75) is 30.8 Å². The first kappa shape index (κ1) is 24.7. The van der Waals surface area contributed by atoms with E-state index in [1.165, 1.54) is 12.3 Å². The van der Waals surface area contributed by atoms with Crippen LogP contribution >= 0.6 is 12.4 Å². The lowest BCUT2D eigenvalue weighted by Crippen LogP contribution is -2.56. The number of nitrogens with zero attached hydrogens (tertiary/aromatic N) is 3. The van der Waals surface area contributed by atoms with Crippen molar-refractivity contribution in [1.29, 1.82) is 0 Å². The summed E-state index contributed by atoms with van der Waals surface area (Å²) in [5, 5.41) is 9.07. The molecular formula is C23H23ClF2N6O3. The number of rotatable bonds is 6. The van der Waals surface area contributed by atoms with Crippen molar-refractivity contribution in [1.82, 2.24) is 30.9 Å². The standard InChI is InChI=1S/C23H22F2N6O3.ClH/c24-13-2-3-14(16(25)10-13)18-12-29-21(34-18)20(33)30-17-4-9-26-11-15(17)19(32)31-23(5-6-23)22-27-7-1-8-28-22;/h1-3,7-8,10,12,15,17,26H,4-6,9,11H2,(H,30,33)(H,31,32);1H/t15-,17-;/m0./s1. The second kappa shape index (κ2) is 10.0. The van der Waals surface area contributed by atoms with Crippen LogP contribution in [0.4, 0.5) is 8.78 Å². The maximum Gasteiger partial charge on any atom is 0.307 e. The van der Waals surface area contributed by atoms with Gasteiger partial charge in [-0.25, -0.2) is 23.7 Å². The Bertz CT molecular complexity index is 1220. The molecule has 2 aliphatic rings. The fourth-order valence-corrected chi connectivity index (χ4v) is 4.13. The minimum atomic E-state index is -0.824. The maximum absolute atomic E-state index is 14.0. The summed E-state index contributed by atoms with van der Waals surface area (Å²) in [7, 11) is 0. The zero-order valence-electron chi connectivity index (χ0n) is 18.5. The van der Waals surface area contributed by atoms with E-state index in [0.717, 1.165) is 25.0 Å². The van der Waals surface area contributed by atoms with Crippen LogP contribution in [0, 0.1) is 17.6 Å². The number of oxazole rings is 1. The van der Waals surface area contributed by atoms with E-state index in [2.05, 4.69) is 30.9 Å². The Balaban J connectivity index is 0.00000289. The van der Waals surface area contributed by atoms with Crippen molar-refractivity contribution >= 4 is 24.2 Å². The van der Waals surface area contributed by atoms with Crippen molar-refractivity contribution in [2.75, 3.05) is 13.1 Å². The van der Waals surface area contributed by atoms with Crippen molar-refractivity contribution in [3.8, 4) is 11.3 Å². The summed E-state index contributed by atoms with van der Waals surface area (Å²) >= 11 is 0. The third kappa shape index (κ3) is 5.15. The molecule has 0 spiro atoms. The summed E-state index contributed by atoms with van der Waals surface area (Å²) in [6.07, 6.45) is 6.51. The van der Waals surface area contributed by atoms with Crippen LogP contribution in [0.5, 0.6) is 0 Å². The van der Waals surface area contributed by atoms with Crippen LogP contribution in [0.25, 0.3) is 11.3 Å². The van der Waals surface area contributed by atoms with Gasteiger partial charge in [0.2, 0.25) is 5.91 Å². The summed E-state index contributed by atoms with van der Waals surface area (Å²) in [6, 6.07) is 4.29. The van der Waals surface area contributed by atoms with Crippen LogP contribution in [0.2, 0.25) is 0 Å². The van der Waals surface area contributed by atoms with Crippen LogP contribution in [0.1, 0.15) is 35.8 Å². The number of carbonyl (C=O) groups excluding carboxylic acids is 2. The molecular weight excluding hydrogens is 482 g/mol. The Morgan fingerprint density at radius 2 is 1.91 bits per heavy atom. The van der Waals surface area contributed by atoms with Crippen LogP contribution in [-0.4, -0.2) is 45.9 Å². The van der Waals surface area contributed by atoms with Crippen LogP contribution < -0.4 is 16.0 Å². The van der Waals surface area contributed by atoms with Crippen LogP contribution in [0.15, 0.2) is 47.3 Å². The number of carbonyl (C=O) groups is 2. The molecule has 2 atom stereocenters. The Kier molecular flexibility index (Phi) is 7.08. The first-order valence-electron chi connectivity index (χ1n) is 11.0. The van der Waals surface area contributed by atoms with Gasteiger partial charge in [0.05, 0.1) is 23.2 Å². The van der Waals surface area contributed by atoms with Gasteiger partial charge in [0.1, 0.15) is 11.6 Å². The van der Waals surface area contributed by atoms with Crippen molar-refractivity contribution < 1.29 is 22.8 Å². The van der Waals surface area contributed by atoms with Gasteiger partial charge >= 0.3 is 5.91 Å². The smallest absolute Gasteiger partial charge is 0.307 e. The first-order chi connectivity index (χ1) is 16.4. The third-order valence-corrected chi connectivity index (χ3v) is 6.14. The monoisotopic (exact) mass is 504 g/mol. The molecule has 1 aliphatic carbocycles. The van der Waals surface area contributed by atoms with Gasteiger partial charge in [0.25, 0.3) is 5.89 Å². The van der Waals surface area contributed by atoms with E-state index in [4.69, 9.17) is 4.42 Å². The quantitative estimate of drug-likeness (QED) is 0.471. The molecule has 3 heterocycles. The Hall–Kier alpha value is -3.44. The molecule has 2 fully saturated rings. The molecule has 0 unspecified atom stereocenters. The van der Waals surface area contributed by atoms with Gasteiger partial charge < -0.3 is 20.4 Å². The number of piperidine rings is 1. The largest absolute Gasteiger partial charge is 0.432 e. The van der Waals surface area contributed by atoms with E-state index in [1.54, 1.807) is 18.5 Å². The van der Waals surface area contributed by atoms with Crippen molar-refractivity contribution in [2.24, 2.45) is 5.92 Å². The number of nitrogens with one attached hydrogen (secondary N) is 3. The highest BCUT2D eigenvalue weighted by atomic mass is 35.5. The minimum absolute atomic E-state index is 0. The molecule has 9 nitrogen and oxygen atoms in total. The minimum Gasteiger partial charge on any atom is -0.432 e. The lowest BCUT2D eigenvalue weighted by molar-refractivity contribution is -0.127. The number of aromatic nitrogens is 3. The van der Waals surface area contributed by atoms with E-state index in [1.807, 2.05) is 0 Å². The predicted octanol–water partition coefficient (Wildman–Crippen LogP) is 2.35. The zero-order chi connectivity index (χ0) is 23.7. The normalized spacial score (nSPS) is 20.4. The second-order valence-electron chi connectivity index (χ2n) is 8.48. The molecule has 1 saturated carbocycles. The van der Waals surface area contributed by atoms with Gasteiger partial charge in [-0.3, -0.25) is 9.59 Å². The van der Waals surface area contributed by atoms with Crippen LogP contribution in [0.3, 0.4) is 0 Å². The molecule has 1 aliphatic heterocycles. The van der Waals surface area contributed by atoms with E-state index in [9.17, 15) is 18.4 Å². The average molecular weight is 505 g/mol. The molecule has 184 valence electrons. The van der Waals surface area contributed by atoms with Gasteiger partial charge in [0, 0.05) is 31.0 Å². The maximum atomic E-state index is 14.0. The number of hydrogen-bond acceptors (Lipinski definition) is 7. The molecule has 2 amide bonds. The number of hydrogen-bond donors (Lipinski definition) is 3. The number of halogens is 3. The summed E-state index contributed by atoms with van der Waals surface area (Å²) in [4.78, 5) is 38.4. The van der Waals surface area contributed by atoms with Gasteiger partial charge in [0.15, 0.2) is 11.6 Å². The van der Waals surface area contributed by atoms with Gasteiger partial charge in [-0.15, -0.1) is 12.4 Å². The summed E-state index contributed by atoms with van der Waals surface area (Å²) in [6.45, 7) is 1.01. The Labute approximate surface area is 205 Å². The lowest BCUT2D eigenvalue weighted by atomic mass is 9.92. The van der Waals surface area contributed by atoms with Crippen molar-refractivity contribution in [3.63, 3.8) is 0 Å². The second-order valence-corrected chi connectivity index (χ2v) is 8.48. The predicted molar refractivity (Wildman–Crippen MR) is 122 cm³/mol. The average Bonchev–Trinajstić information content (AvgIpc) is 3.45. The third-order valence-electron chi connectivity index (χ3n) is 6.14. The van der Waals surface area contributed by atoms with Crippen molar-refractivity contribution in [3.05, 3.63) is 66.2 Å². The van der Waals surface area contributed by atoms with Gasteiger partial charge in [-0.2, -0.15) is 0 Å². The molecule has 2 aromatic heterocycles. The van der Waals surface area contributed by atoms with E-state index in [-0.39, 0.29) is 35.5 Å². The van der Waals surface area contributed by atoms with E-state index >= 15 is 0 Å². The zero-order valence-corrected chi connectivity index (χ0v) is 19.3. The summed E-state index contributed by atoms with van der Waals surface area (Å²) in [5.41, 5.74) is -0.578. The van der Waals surface area contributed by atoms with Gasteiger partial charge in [-0.05, 0) is 44.0 Å². The highest BCUT2D eigenvalue weighted by Gasteiger charge is 2.50. The Morgan fingerprint density at radius 1 is 1.14 bits per heavy atom. The fraction of sp³-hybridized carbons (Fsp3) is 0.348. The highest BCUT2D eigenvalue weighted by molar-refractivity contribution is 5.91. The SMILES string of the molecule is Cl.O=C(N[C@H]1CCNC[C@@H]1C(=O)NC1(c2ncccn2)CC1)c1ncc(-c2ccc(F)cc2F)o1. The molecule has 35 heavy (non-hydrogen) atoms. The summed E-state index contributed by atoms with van der Waals surface area (Å²) < 4.78 is 32.6. The molecule has 12 heteroatoms. The van der Waals surface area contributed by atoms with Crippen LogP contribution in [-0.2, 0) is 10.3 Å². The molecule has 3 N–H and O–H groups in total. The lowest BCUT2D eigenvalue weighted by Gasteiger charge is -2.32. The molecule has 0 bridgehead atoms. The number of benzene rings is 1. The fourth-order valence-electron chi connectivity index (χ4n) is 4.13. The summed E-state index contributed by atoms with van der Waals surface area (Å²) in [5.74, 6) is -2.59. The highest BCUT2D eigenvalue weighted by Crippen LogP contribution is 2.43. The molecule has 1 aromatic carbocycles. The topological polar surface area (TPSA) is 122 Å². The van der Waals surface area contributed by atoms with E-state index < -0.39 is 35.0 Å². The molecule has 5 rings (SSSR count).